The minimum Gasteiger partial charge on any atom is -0.356 e. The number of nitrogens with zero attached hydrogens (tertiary/aromatic N) is 4. The molecule has 6 heteroatoms. The molecule has 0 aromatic carbocycles. The van der Waals surface area contributed by atoms with E-state index in [1.54, 1.807) is 19.3 Å². The Kier molecular flexibility index (Phi) is 4.50. The average Bonchev–Trinajstić information content (AvgIpc) is 2.55. The highest BCUT2D eigenvalue weighted by atomic mass is 16.1. The largest absolute Gasteiger partial charge is 0.356 e. The third-order valence-electron chi connectivity index (χ3n) is 3.99. The van der Waals surface area contributed by atoms with E-state index in [0.717, 1.165) is 43.0 Å². The van der Waals surface area contributed by atoms with Crippen LogP contribution >= 0.6 is 0 Å². The number of aryl methyl sites for hydroxylation is 1. The fraction of sp³-hybridized carbons (Fsp3) is 0.412. The number of hydrogen-bond acceptors (Lipinski definition) is 5. The van der Waals surface area contributed by atoms with Crippen LogP contribution in [0.3, 0.4) is 0 Å². The summed E-state index contributed by atoms with van der Waals surface area (Å²) in [7, 11) is 0. The Balaban J connectivity index is 1.76. The zero-order chi connectivity index (χ0) is 16.2. The van der Waals surface area contributed by atoms with Gasteiger partial charge < -0.3 is 10.2 Å². The highest BCUT2D eigenvalue weighted by Crippen LogP contribution is 2.22. The SMILES string of the molecule is CC(=O)NC1CCN(c2cc(C)nc(-c3cccnc3)n2)CC1. The second-order valence-corrected chi connectivity index (χ2v) is 5.89. The van der Waals surface area contributed by atoms with Crippen LogP contribution in [0.4, 0.5) is 5.82 Å². The predicted octanol–water partition coefficient (Wildman–Crippen LogP) is 1.95. The van der Waals surface area contributed by atoms with Gasteiger partial charge in [-0.3, -0.25) is 9.78 Å². The van der Waals surface area contributed by atoms with Gasteiger partial charge in [0.25, 0.3) is 0 Å². The van der Waals surface area contributed by atoms with Gasteiger partial charge in [0.1, 0.15) is 5.82 Å². The summed E-state index contributed by atoms with van der Waals surface area (Å²) in [5.74, 6) is 1.69. The molecule has 1 aliphatic rings. The third kappa shape index (κ3) is 3.83. The number of carbonyl (C=O) groups is 1. The van der Waals surface area contributed by atoms with Gasteiger partial charge in [-0.25, -0.2) is 9.97 Å². The van der Waals surface area contributed by atoms with Crippen LogP contribution in [0.1, 0.15) is 25.5 Å². The van der Waals surface area contributed by atoms with Crippen molar-refractivity contribution in [1.29, 1.82) is 0 Å². The van der Waals surface area contributed by atoms with E-state index < -0.39 is 0 Å². The molecule has 1 fully saturated rings. The molecule has 1 aliphatic heterocycles. The summed E-state index contributed by atoms with van der Waals surface area (Å²) in [6.07, 6.45) is 5.39. The van der Waals surface area contributed by atoms with Gasteiger partial charge in [0.05, 0.1) is 0 Å². The summed E-state index contributed by atoms with van der Waals surface area (Å²) < 4.78 is 0. The number of piperidine rings is 1. The van der Waals surface area contributed by atoms with Crippen LogP contribution in [-0.2, 0) is 4.79 Å². The third-order valence-corrected chi connectivity index (χ3v) is 3.99. The Morgan fingerprint density at radius 3 is 2.74 bits per heavy atom. The lowest BCUT2D eigenvalue weighted by molar-refractivity contribution is -0.119. The van der Waals surface area contributed by atoms with Gasteiger partial charge in [-0.15, -0.1) is 0 Å². The van der Waals surface area contributed by atoms with E-state index in [0.29, 0.717) is 5.82 Å². The molecule has 1 amide bonds. The summed E-state index contributed by atoms with van der Waals surface area (Å²) in [5.41, 5.74) is 1.86. The van der Waals surface area contributed by atoms with Gasteiger partial charge >= 0.3 is 0 Å². The first-order valence-electron chi connectivity index (χ1n) is 7.90. The van der Waals surface area contributed by atoms with E-state index >= 15 is 0 Å². The molecule has 0 saturated carbocycles. The Morgan fingerprint density at radius 2 is 2.09 bits per heavy atom. The molecule has 1 N–H and O–H groups in total. The van der Waals surface area contributed by atoms with Crippen LogP contribution in [0.2, 0.25) is 0 Å². The minimum atomic E-state index is 0.0418. The quantitative estimate of drug-likeness (QED) is 0.938. The number of pyridine rings is 1. The Hall–Kier alpha value is -2.50. The number of anilines is 1. The standard InChI is InChI=1S/C17H21N5O/c1-12-10-16(21-17(19-12)14-4-3-7-18-11-14)22-8-5-15(6-9-22)20-13(2)23/h3-4,7,10-11,15H,5-6,8-9H2,1-2H3,(H,20,23). The molecule has 3 heterocycles. The van der Waals surface area contributed by atoms with E-state index in [9.17, 15) is 4.79 Å². The predicted molar refractivity (Wildman–Crippen MR) is 89.1 cm³/mol. The number of amides is 1. The second-order valence-electron chi connectivity index (χ2n) is 5.89. The number of carbonyl (C=O) groups excluding carboxylic acids is 1. The van der Waals surface area contributed by atoms with Gasteiger partial charge in [0, 0.05) is 55.8 Å². The lowest BCUT2D eigenvalue weighted by Crippen LogP contribution is -2.44. The molecule has 0 radical (unpaired) electrons. The fourth-order valence-electron chi connectivity index (χ4n) is 2.88. The highest BCUT2D eigenvalue weighted by molar-refractivity contribution is 5.73. The molecule has 0 unspecified atom stereocenters. The molecular formula is C17H21N5O. The van der Waals surface area contributed by atoms with E-state index in [-0.39, 0.29) is 11.9 Å². The van der Waals surface area contributed by atoms with Gasteiger partial charge in [0.15, 0.2) is 5.82 Å². The second kappa shape index (κ2) is 6.73. The van der Waals surface area contributed by atoms with Crippen molar-refractivity contribution in [3.63, 3.8) is 0 Å². The van der Waals surface area contributed by atoms with Gasteiger partial charge in [-0.2, -0.15) is 0 Å². The minimum absolute atomic E-state index is 0.0418. The van der Waals surface area contributed by atoms with E-state index in [1.165, 1.54) is 0 Å². The molecule has 23 heavy (non-hydrogen) atoms. The molecule has 0 bridgehead atoms. The number of aromatic nitrogens is 3. The van der Waals surface area contributed by atoms with E-state index in [1.807, 2.05) is 25.1 Å². The molecule has 1 saturated heterocycles. The molecule has 0 atom stereocenters. The number of hydrogen-bond donors (Lipinski definition) is 1. The highest BCUT2D eigenvalue weighted by Gasteiger charge is 2.21. The summed E-state index contributed by atoms with van der Waals surface area (Å²) in [6, 6.07) is 6.14. The maximum atomic E-state index is 11.2. The Morgan fingerprint density at radius 1 is 1.30 bits per heavy atom. The van der Waals surface area contributed by atoms with Crippen LogP contribution < -0.4 is 10.2 Å². The van der Waals surface area contributed by atoms with Gasteiger partial charge in [0.2, 0.25) is 5.91 Å². The molecule has 2 aromatic rings. The molecule has 6 nitrogen and oxygen atoms in total. The number of rotatable bonds is 3. The molecule has 2 aromatic heterocycles. The average molecular weight is 311 g/mol. The Labute approximate surface area is 136 Å². The summed E-state index contributed by atoms with van der Waals surface area (Å²) in [5, 5.41) is 3.00. The van der Waals surface area contributed by atoms with Crippen molar-refractivity contribution in [2.24, 2.45) is 0 Å². The first-order valence-corrected chi connectivity index (χ1v) is 7.90. The van der Waals surface area contributed by atoms with Gasteiger partial charge in [-0.05, 0) is 31.9 Å². The fourth-order valence-corrected chi connectivity index (χ4v) is 2.88. The van der Waals surface area contributed by atoms with E-state index in [4.69, 9.17) is 4.98 Å². The van der Waals surface area contributed by atoms with Crippen molar-refractivity contribution in [3.05, 3.63) is 36.3 Å². The smallest absolute Gasteiger partial charge is 0.217 e. The lowest BCUT2D eigenvalue weighted by Gasteiger charge is -2.33. The van der Waals surface area contributed by atoms with Crippen molar-refractivity contribution in [2.45, 2.75) is 32.7 Å². The van der Waals surface area contributed by atoms with E-state index in [2.05, 4.69) is 20.2 Å². The van der Waals surface area contributed by atoms with Crippen LogP contribution in [0.5, 0.6) is 0 Å². The van der Waals surface area contributed by atoms with Gasteiger partial charge in [-0.1, -0.05) is 0 Å². The maximum absolute atomic E-state index is 11.2. The first-order chi connectivity index (χ1) is 11.1. The zero-order valence-electron chi connectivity index (χ0n) is 13.5. The van der Waals surface area contributed by atoms with Crippen LogP contribution in [0.25, 0.3) is 11.4 Å². The van der Waals surface area contributed by atoms with Crippen molar-refractivity contribution >= 4 is 11.7 Å². The molecule has 0 aliphatic carbocycles. The Bertz CT molecular complexity index is 681. The van der Waals surface area contributed by atoms with Crippen molar-refractivity contribution in [2.75, 3.05) is 18.0 Å². The molecule has 3 rings (SSSR count). The molecule has 0 spiro atoms. The monoisotopic (exact) mass is 311 g/mol. The maximum Gasteiger partial charge on any atom is 0.217 e. The topological polar surface area (TPSA) is 71.0 Å². The van der Waals surface area contributed by atoms with Crippen molar-refractivity contribution < 1.29 is 4.79 Å². The summed E-state index contributed by atoms with van der Waals surface area (Å²) >= 11 is 0. The van der Waals surface area contributed by atoms with Crippen molar-refractivity contribution in [1.82, 2.24) is 20.3 Å². The lowest BCUT2D eigenvalue weighted by atomic mass is 10.0. The number of nitrogens with one attached hydrogen (secondary N) is 1. The summed E-state index contributed by atoms with van der Waals surface area (Å²) in [4.78, 5) is 26.8. The van der Waals surface area contributed by atoms with Crippen LogP contribution in [0, 0.1) is 6.92 Å². The first kappa shape index (κ1) is 15.4. The summed E-state index contributed by atoms with van der Waals surface area (Å²) in [6.45, 7) is 5.32. The van der Waals surface area contributed by atoms with Crippen LogP contribution in [-0.4, -0.2) is 40.0 Å². The van der Waals surface area contributed by atoms with Crippen LogP contribution in [0.15, 0.2) is 30.6 Å². The zero-order valence-corrected chi connectivity index (χ0v) is 13.5. The molecular weight excluding hydrogens is 290 g/mol. The molecule has 120 valence electrons. The van der Waals surface area contributed by atoms with Crippen molar-refractivity contribution in [3.8, 4) is 11.4 Å². The normalized spacial score (nSPS) is 15.5.